The third kappa shape index (κ3) is 0.603. The van der Waals surface area contributed by atoms with Crippen molar-refractivity contribution in [3.63, 3.8) is 0 Å². The lowest BCUT2D eigenvalue weighted by Gasteiger charge is -2.50. The quantitative estimate of drug-likeness (QED) is 0.514. The molecule has 0 spiro atoms. The number of hydrogen-bond acceptors (Lipinski definition) is 1. The minimum absolute atomic E-state index is 0.441. The van der Waals surface area contributed by atoms with Crippen LogP contribution in [0.4, 0.5) is 0 Å². The Morgan fingerprint density at radius 3 is 2.09 bits per heavy atom. The van der Waals surface area contributed by atoms with Crippen molar-refractivity contribution in [2.45, 2.75) is 12.5 Å². The third-order valence-electron chi connectivity index (χ3n) is 3.56. The van der Waals surface area contributed by atoms with E-state index in [4.69, 9.17) is 5.73 Å². The molecule has 1 saturated carbocycles. The first-order valence-corrected chi connectivity index (χ1v) is 4.48. The lowest BCUT2D eigenvalue weighted by molar-refractivity contribution is 0.147. The van der Waals surface area contributed by atoms with E-state index in [1.165, 1.54) is 6.42 Å². The molecule has 0 aromatic carbocycles. The van der Waals surface area contributed by atoms with E-state index in [1.807, 2.05) is 0 Å². The molecule has 4 rings (SSSR count). The van der Waals surface area contributed by atoms with Gasteiger partial charge in [-0.15, -0.1) is 0 Å². The topological polar surface area (TPSA) is 26.0 Å². The number of rotatable bonds is 0. The fourth-order valence-electron chi connectivity index (χ4n) is 2.84. The Labute approximate surface area is 67.0 Å². The summed E-state index contributed by atoms with van der Waals surface area (Å²) >= 11 is 0. The Hall–Kier alpha value is -0.560. The minimum Gasteiger partial charge on any atom is -0.327 e. The maximum atomic E-state index is 6.02. The van der Waals surface area contributed by atoms with E-state index >= 15 is 0 Å². The van der Waals surface area contributed by atoms with Crippen LogP contribution in [0.15, 0.2) is 24.3 Å². The summed E-state index contributed by atoms with van der Waals surface area (Å²) in [6, 6.07) is 0.441. The monoisotopic (exact) mass is 147 g/mol. The van der Waals surface area contributed by atoms with Crippen molar-refractivity contribution < 1.29 is 0 Å². The van der Waals surface area contributed by atoms with Gasteiger partial charge in [0.2, 0.25) is 0 Å². The van der Waals surface area contributed by atoms with Gasteiger partial charge in [-0.2, -0.15) is 0 Å². The van der Waals surface area contributed by atoms with E-state index in [2.05, 4.69) is 24.3 Å². The van der Waals surface area contributed by atoms with Crippen LogP contribution < -0.4 is 5.73 Å². The maximum absolute atomic E-state index is 6.02. The minimum atomic E-state index is 0.441. The molecule has 0 aliphatic heterocycles. The Bertz CT molecular complexity index is 241. The molecule has 5 atom stereocenters. The lowest BCUT2D eigenvalue weighted by Crippen LogP contribution is -2.50. The molecule has 0 aromatic rings. The van der Waals surface area contributed by atoms with Gasteiger partial charge in [0.25, 0.3) is 0 Å². The average molecular weight is 147 g/mol. The van der Waals surface area contributed by atoms with E-state index in [0.29, 0.717) is 12.0 Å². The highest BCUT2D eigenvalue weighted by Gasteiger charge is 2.45. The highest BCUT2D eigenvalue weighted by Crippen LogP contribution is 2.49. The molecule has 0 saturated heterocycles. The summed E-state index contributed by atoms with van der Waals surface area (Å²) in [6.45, 7) is 0. The maximum Gasteiger partial charge on any atom is 0.0114 e. The van der Waals surface area contributed by atoms with Crippen LogP contribution in [0.5, 0.6) is 0 Å². The van der Waals surface area contributed by atoms with Crippen molar-refractivity contribution in [2.24, 2.45) is 29.4 Å². The molecule has 4 aliphatic rings. The van der Waals surface area contributed by atoms with Gasteiger partial charge in [0.05, 0.1) is 0 Å². The predicted octanol–water partition coefficient (Wildman–Crippen LogP) is 1.32. The van der Waals surface area contributed by atoms with Crippen LogP contribution in [0.3, 0.4) is 0 Å². The number of hydrogen-bond donors (Lipinski definition) is 1. The molecule has 5 unspecified atom stereocenters. The van der Waals surface area contributed by atoms with Crippen LogP contribution in [0, 0.1) is 23.7 Å². The molecule has 4 aliphatic carbocycles. The van der Waals surface area contributed by atoms with Crippen LogP contribution in [-0.4, -0.2) is 6.04 Å². The number of nitrogens with two attached hydrogens (primary N) is 1. The molecular weight excluding hydrogens is 134 g/mol. The zero-order chi connectivity index (χ0) is 7.42. The Morgan fingerprint density at radius 1 is 0.909 bits per heavy atom. The van der Waals surface area contributed by atoms with Gasteiger partial charge >= 0.3 is 0 Å². The predicted molar refractivity (Wildman–Crippen MR) is 44.8 cm³/mol. The van der Waals surface area contributed by atoms with Crippen LogP contribution in [0.25, 0.3) is 0 Å². The molecule has 0 radical (unpaired) electrons. The molecule has 0 aromatic heterocycles. The van der Waals surface area contributed by atoms with Crippen molar-refractivity contribution in [1.82, 2.24) is 0 Å². The smallest absolute Gasteiger partial charge is 0.0114 e. The van der Waals surface area contributed by atoms with Crippen LogP contribution in [0.2, 0.25) is 0 Å². The summed E-state index contributed by atoms with van der Waals surface area (Å²) in [6.07, 6.45) is 10.6. The van der Waals surface area contributed by atoms with Crippen molar-refractivity contribution in [2.75, 3.05) is 0 Å². The first-order chi connectivity index (χ1) is 5.36. The van der Waals surface area contributed by atoms with Crippen LogP contribution in [0.1, 0.15) is 6.42 Å². The highest BCUT2D eigenvalue weighted by molar-refractivity contribution is 5.26. The van der Waals surface area contributed by atoms with Gasteiger partial charge < -0.3 is 5.73 Å². The fourth-order valence-corrected chi connectivity index (χ4v) is 2.84. The number of allylic oxidation sites excluding steroid dienone is 3. The molecular formula is C10H13N. The van der Waals surface area contributed by atoms with Gasteiger partial charge in [-0.1, -0.05) is 24.3 Å². The highest BCUT2D eigenvalue weighted by atomic mass is 14.7. The van der Waals surface area contributed by atoms with Gasteiger partial charge in [0.15, 0.2) is 0 Å². The second-order valence-electron chi connectivity index (χ2n) is 4.07. The standard InChI is InChI=1S/C10H13N/c11-10-5-6-1-2-9(10)8-4-3-7(6)8/h1-4,6-10H,5,11H2. The largest absolute Gasteiger partial charge is 0.327 e. The van der Waals surface area contributed by atoms with Gasteiger partial charge in [-0.25, -0.2) is 0 Å². The van der Waals surface area contributed by atoms with Gasteiger partial charge in [-0.3, -0.25) is 0 Å². The first kappa shape index (κ1) is 6.01. The van der Waals surface area contributed by atoms with Crippen molar-refractivity contribution in [1.29, 1.82) is 0 Å². The summed E-state index contributed by atoms with van der Waals surface area (Å²) in [5, 5.41) is 0. The zero-order valence-electron chi connectivity index (χ0n) is 6.48. The van der Waals surface area contributed by atoms with E-state index < -0.39 is 0 Å². The summed E-state index contributed by atoms with van der Waals surface area (Å²) < 4.78 is 0. The average Bonchev–Trinajstić information content (AvgIpc) is 1.89. The number of fused-ring (bicyclic) bond motifs is 1. The van der Waals surface area contributed by atoms with Gasteiger partial charge in [0, 0.05) is 6.04 Å². The van der Waals surface area contributed by atoms with Crippen molar-refractivity contribution in [3.05, 3.63) is 24.3 Å². The van der Waals surface area contributed by atoms with E-state index in [9.17, 15) is 0 Å². The normalized spacial score (nSPS) is 57.4. The molecule has 2 N–H and O–H groups in total. The Morgan fingerprint density at radius 2 is 1.64 bits per heavy atom. The summed E-state index contributed by atoms with van der Waals surface area (Å²) in [4.78, 5) is 0. The van der Waals surface area contributed by atoms with Crippen LogP contribution in [-0.2, 0) is 0 Å². The molecule has 1 heteroatoms. The summed E-state index contributed by atoms with van der Waals surface area (Å²) in [5.74, 6) is 3.08. The summed E-state index contributed by atoms with van der Waals surface area (Å²) in [5.41, 5.74) is 6.02. The first-order valence-electron chi connectivity index (χ1n) is 4.48. The molecule has 0 amide bonds. The third-order valence-corrected chi connectivity index (χ3v) is 3.56. The molecule has 58 valence electrons. The second-order valence-corrected chi connectivity index (χ2v) is 4.07. The molecule has 11 heavy (non-hydrogen) atoms. The van der Waals surface area contributed by atoms with Gasteiger partial charge in [-0.05, 0) is 30.1 Å². The summed E-state index contributed by atoms with van der Waals surface area (Å²) in [7, 11) is 0. The van der Waals surface area contributed by atoms with Gasteiger partial charge in [0.1, 0.15) is 0 Å². The molecule has 0 heterocycles. The van der Waals surface area contributed by atoms with E-state index in [1.54, 1.807) is 0 Å². The van der Waals surface area contributed by atoms with Crippen molar-refractivity contribution >= 4 is 0 Å². The lowest BCUT2D eigenvalue weighted by atomic mass is 9.56. The SMILES string of the molecule is NC1CC2C=CC1C1C=CC21. The molecule has 2 bridgehead atoms. The van der Waals surface area contributed by atoms with E-state index in [-0.39, 0.29) is 0 Å². The van der Waals surface area contributed by atoms with Crippen LogP contribution >= 0.6 is 0 Å². The fraction of sp³-hybridized carbons (Fsp3) is 0.600. The second kappa shape index (κ2) is 1.78. The van der Waals surface area contributed by atoms with Crippen molar-refractivity contribution in [3.8, 4) is 0 Å². The molecule has 1 fully saturated rings. The zero-order valence-corrected chi connectivity index (χ0v) is 6.48. The Balaban J connectivity index is 2.03. The molecule has 1 nitrogen and oxygen atoms in total. The Kier molecular flexibility index (Phi) is 0.972. The van der Waals surface area contributed by atoms with E-state index in [0.717, 1.165) is 17.8 Å².